The normalized spacial score (nSPS) is 11.9. The second-order valence-electron chi connectivity index (χ2n) is 6.76. The summed E-state index contributed by atoms with van der Waals surface area (Å²) in [7, 11) is 0. The number of benzene rings is 3. The van der Waals surface area contributed by atoms with Crippen LogP contribution in [0.25, 0.3) is 21.9 Å². The van der Waals surface area contributed by atoms with Gasteiger partial charge in [0.1, 0.15) is 5.69 Å². The van der Waals surface area contributed by atoms with Crippen LogP contribution in [-0.2, 0) is 6.42 Å². The zero-order valence-electron chi connectivity index (χ0n) is 14.5. The fourth-order valence-electron chi connectivity index (χ4n) is 3.75. The molecule has 27 heavy (non-hydrogen) atoms. The lowest BCUT2D eigenvalue weighted by molar-refractivity contribution is 0.102. The first kappa shape index (κ1) is 15.6. The number of anilines is 1. The Morgan fingerprint density at radius 3 is 2.56 bits per heavy atom. The van der Waals surface area contributed by atoms with Crippen molar-refractivity contribution < 1.29 is 4.79 Å². The standard InChI is InChI=1S/C23H16N2O2/c26-22-20-8-4-2-6-15(20)13-21(25-22)23(27)24-17-9-10-19-16(12-17)11-14-5-1-3-7-18(14)19/h1-10,12-13H,11H2,(H,24,27)(H,25,26). The summed E-state index contributed by atoms with van der Waals surface area (Å²) < 4.78 is 0. The minimum absolute atomic E-state index is 0.252. The Labute approximate surface area is 155 Å². The average Bonchev–Trinajstić information content (AvgIpc) is 3.05. The van der Waals surface area contributed by atoms with Crippen molar-refractivity contribution >= 4 is 22.4 Å². The van der Waals surface area contributed by atoms with Gasteiger partial charge in [-0.15, -0.1) is 0 Å². The summed E-state index contributed by atoms with van der Waals surface area (Å²) in [5, 5.41) is 4.22. The van der Waals surface area contributed by atoms with Gasteiger partial charge in [0.15, 0.2) is 0 Å². The smallest absolute Gasteiger partial charge is 0.272 e. The van der Waals surface area contributed by atoms with Crippen molar-refractivity contribution in [2.24, 2.45) is 0 Å². The van der Waals surface area contributed by atoms with Gasteiger partial charge >= 0.3 is 0 Å². The summed E-state index contributed by atoms with van der Waals surface area (Å²) in [5.41, 5.74) is 5.67. The predicted molar refractivity (Wildman–Crippen MR) is 107 cm³/mol. The first-order valence-corrected chi connectivity index (χ1v) is 8.84. The third kappa shape index (κ3) is 2.62. The molecule has 1 aromatic heterocycles. The van der Waals surface area contributed by atoms with E-state index in [1.807, 2.05) is 42.5 Å². The van der Waals surface area contributed by atoms with Crippen LogP contribution in [0.15, 0.2) is 77.6 Å². The Kier molecular flexibility index (Phi) is 3.44. The van der Waals surface area contributed by atoms with E-state index < -0.39 is 0 Å². The second kappa shape index (κ2) is 5.95. The van der Waals surface area contributed by atoms with Gasteiger partial charge in [0.2, 0.25) is 0 Å². The number of fused-ring (bicyclic) bond motifs is 4. The monoisotopic (exact) mass is 352 g/mol. The van der Waals surface area contributed by atoms with Crippen molar-refractivity contribution in [2.45, 2.75) is 6.42 Å². The van der Waals surface area contributed by atoms with E-state index in [2.05, 4.69) is 22.4 Å². The maximum atomic E-state index is 12.6. The molecule has 1 aliphatic carbocycles. The van der Waals surface area contributed by atoms with Crippen LogP contribution in [0, 0.1) is 0 Å². The van der Waals surface area contributed by atoms with Crippen LogP contribution in [0.4, 0.5) is 5.69 Å². The molecule has 0 atom stereocenters. The lowest BCUT2D eigenvalue weighted by Crippen LogP contribution is -2.19. The number of aromatic nitrogens is 1. The number of aromatic amines is 1. The molecule has 0 saturated carbocycles. The second-order valence-corrected chi connectivity index (χ2v) is 6.76. The third-order valence-corrected chi connectivity index (χ3v) is 5.05. The summed E-state index contributed by atoms with van der Waals surface area (Å²) >= 11 is 0. The quantitative estimate of drug-likeness (QED) is 0.496. The molecular formula is C23H16N2O2. The predicted octanol–water partition coefficient (Wildman–Crippen LogP) is 4.35. The van der Waals surface area contributed by atoms with E-state index in [9.17, 15) is 9.59 Å². The van der Waals surface area contributed by atoms with Gasteiger partial charge in [-0.2, -0.15) is 0 Å². The Hall–Kier alpha value is -3.66. The number of hydrogen-bond donors (Lipinski definition) is 2. The largest absolute Gasteiger partial charge is 0.321 e. The minimum Gasteiger partial charge on any atom is -0.321 e. The molecule has 0 fully saturated rings. The molecule has 4 heteroatoms. The number of carbonyl (C=O) groups is 1. The van der Waals surface area contributed by atoms with Crippen molar-refractivity contribution in [1.29, 1.82) is 0 Å². The van der Waals surface area contributed by atoms with Crippen LogP contribution in [0.2, 0.25) is 0 Å². The number of hydrogen-bond acceptors (Lipinski definition) is 2. The Morgan fingerprint density at radius 1 is 0.852 bits per heavy atom. The minimum atomic E-state index is -0.326. The number of rotatable bonds is 2. The number of amides is 1. The molecular weight excluding hydrogens is 336 g/mol. The molecule has 1 heterocycles. The van der Waals surface area contributed by atoms with Crippen molar-refractivity contribution in [1.82, 2.24) is 4.98 Å². The molecule has 1 aliphatic rings. The first-order chi connectivity index (χ1) is 13.2. The van der Waals surface area contributed by atoms with Gasteiger partial charge in [-0.1, -0.05) is 48.5 Å². The molecule has 0 saturated heterocycles. The van der Waals surface area contributed by atoms with Crippen LogP contribution in [0.3, 0.4) is 0 Å². The van der Waals surface area contributed by atoms with Crippen LogP contribution in [0.5, 0.6) is 0 Å². The number of pyridine rings is 1. The molecule has 2 N–H and O–H groups in total. The molecule has 5 rings (SSSR count). The highest BCUT2D eigenvalue weighted by atomic mass is 16.2. The zero-order valence-corrected chi connectivity index (χ0v) is 14.5. The molecule has 0 spiro atoms. The van der Waals surface area contributed by atoms with E-state index in [1.54, 1.807) is 18.2 Å². The van der Waals surface area contributed by atoms with E-state index in [-0.39, 0.29) is 17.2 Å². The summed E-state index contributed by atoms with van der Waals surface area (Å²) in [6, 6.07) is 23.2. The highest BCUT2D eigenvalue weighted by molar-refractivity contribution is 6.05. The summed E-state index contributed by atoms with van der Waals surface area (Å²) in [6.07, 6.45) is 0.863. The zero-order chi connectivity index (χ0) is 18.4. The van der Waals surface area contributed by atoms with Crippen molar-refractivity contribution in [3.05, 3.63) is 100.0 Å². The van der Waals surface area contributed by atoms with Gasteiger partial charge in [-0.25, -0.2) is 0 Å². The molecule has 0 unspecified atom stereocenters. The Bertz CT molecular complexity index is 1270. The lowest BCUT2D eigenvalue weighted by Gasteiger charge is -2.08. The van der Waals surface area contributed by atoms with Crippen LogP contribution < -0.4 is 10.9 Å². The molecule has 0 aliphatic heterocycles. The van der Waals surface area contributed by atoms with Gasteiger partial charge in [0, 0.05) is 11.1 Å². The van der Waals surface area contributed by atoms with Crippen molar-refractivity contribution in [3.63, 3.8) is 0 Å². The molecule has 4 nitrogen and oxygen atoms in total. The van der Waals surface area contributed by atoms with Gasteiger partial charge in [-0.05, 0) is 58.3 Å². The lowest BCUT2D eigenvalue weighted by atomic mass is 10.1. The molecule has 4 aromatic rings. The average molecular weight is 352 g/mol. The Balaban J connectivity index is 1.45. The van der Waals surface area contributed by atoms with E-state index in [0.717, 1.165) is 17.5 Å². The number of nitrogens with one attached hydrogen (secondary N) is 2. The molecule has 0 radical (unpaired) electrons. The third-order valence-electron chi connectivity index (χ3n) is 5.05. The fourth-order valence-corrected chi connectivity index (χ4v) is 3.75. The SMILES string of the molecule is O=C(Nc1ccc2c(c1)Cc1ccccc1-2)c1cc2ccccc2c(=O)[nH]1. The number of carbonyl (C=O) groups excluding carboxylic acids is 1. The maximum Gasteiger partial charge on any atom is 0.272 e. The van der Waals surface area contributed by atoms with Crippen LogP contribution in [-0.4, -0.2) is 10.9 Å². The Morgan fingerprint density at radius 2 is 1.63 bits per heavy atom. The molecule has 130 valence electrons. The highest BCUT2D eigenvalue weighted by Gasteiger charge is 2.18. The van der Waals surface area contributed by atoms with Crippen LogP contribution >= 0.6 is 0 Å². The molecule has 0 bridgehead atoms. The summed E-state index contributed by atoms with van der Waals surface area (Å²) in [4.78, 5) is 27.5. The van der Waals surface area contributed by atoms with Crippen molar-refractivity contribution in [2.75, 3.05) is 5.32 Å². The molecule has 1 amide bonds. The van der Waals surface area contributed by atoms with E-state index in [1.165, 1.54) is 22.3 Å². The van der Waals surface area contributed by atoms with E-state index >= 15 is 0 Å². The maximum absolute atomic E-state index is 12.6. The van der Waals surface area contributed by atoms with E-state index in [0.29, 0.717) is 5.39 Å². The topological polar surface area (TPSA) is 62.0 Å². The van der Waals surface area contributed by atoms with Gasteiger partial charge in [0.25, 0.3) is 11.5 Å². The van der Waals surface area contributed by atoms with Gasteiger partial charge in [0.05, 0.1) is 0 Å². The summed E-state index contributed by atoms with van der Waals surface area (Å²) in [6.45, 7) is 0. The van der Waals surface area contributed by atoms with Crippen molar-refractivity contribution in [3.8, 4) is 11.1 Å². The fraction of sp³-hybridized carbons (Fsp3) is 0.0435. The highest BCUT2D eigenvalue weighted by Crippen LogP contribution is 2.37. The van der Waals surface area contributed by atoms with Crippen LogP contribution in [0.1, 0.15) is 21.6 Å². The summed E-state index contributed by atoms with van der Waals surface area (Å²) in [5.74, 6) is -0.326. The molecule has 3 aromatic carbocycles. The van der Waals surface area contributed by atoms with Gasteiger partial charge in [-0.3, -0.25) is 9.59 Å². The number of H-pyrrole nitrogens is 1. The van der Waals surface area contributed by atoms with E-state index in [4.69, 9.17) is 0 Å². The first-order valence-electron chi connectivity index (χ1n) is 8.84. The van der Waals surface area contributed by atoms with Gasteiger partial charge < -0.3 is 10.3 Å².